The predicted octanol–water partition coefficient (Wildman–Crippen LogP) is 5.44. The first kappa shape index (κ1) is 23.1. The number of nitrogens with zero attached hydrogens (tertiary/aromatic N) is 2. The molecule has 0 radical (unpaired) electrons. The number of hydrogen-bond donors (Lipinski definition) is 1. The maximum atomic E-state index is 10.7. The number of carbonyl (C=O) groups is 1. The van der Waals surface area contributed by atoms with Gasteiger partial charge in [0.05, 0.1) is 25.1 Å². The van der Waals surface area contributed by atoms with Crippen molar-refractivity contribution in [2.24, 2.45) is 11.8 Å². The normalized spacial score (nSPS) is 18.2. The number of aromatic nitrogens is 2. The summed E-state index contributed by atoms with van der Waals surface area (Å²) in [5, 5.41) is 13.7. The van der Waals surface area contributed by atoms with Gasteiger partial charge in [-0.1, -0.05) is 42.5 Å². The maximum Gasteiger partial charge on any atom is 0.329 e. The zero-order valence-corrected chi connectivity index (χ0v) is 19.4. The molecule has 0 bridgehead atoms. The molecule has 0 unspecified atom stereocenters. The number of carboxylic acids is 1. The van der Waals surface area contributed by atoms with Gasteiger partial charge in [0.1, 0.15) is 12.4 Å². The van der Waals surface area contributed by atoms with Gasteiger partial charge in [-0.2, -0.15) is 5.10 Å². The van der Waals surface area contributed by atoms with Gasteiger partial charge in [0.15, 0.2) is 0 Å². The summed E-state index contributed by atoms with van der Waals surface area (Å²) in [6.45, 7) is 3.29. The van der Waals surface area contributed by atoms with Crippen LogP contribution in [0.3, 0.4) is 0 Å². The highest BCUT2D eigenvalue weighted by atomic mass is 16.5. The summed E-state index contributed by atoms with van der Waals surface area (Å²) < 4.78 is 12.9. The van der Waals surface area contributed by atoms with Crippen LogP contribution in [0.1, 0.15) is 31.4 Å². The fourth-order valence-electron chi connectivity index (χ4n) is 4.84. The van der Waals surface area contributed by atoms with Gasteiger partial charge < -0.3 is 14.6 Å². The number of carboxylic acid groups (broad SMARTS) is 1. The van der Waals surface area contributed by atoms with Crippen LogP contribution in [0.2, 0.25) is 0 Å². The van der Waals surface area contributed by atoms with Gasteiger partial charge in [-0.05, 0) is 62.1 Å². The molecule has 0 aliphatic heterocycles. The van der Waals surface area contributed by atoms with Crippen LogP contribution in [0.15, 0.2) is 54.6 Å². The van der Waals surface area contributed by atoms with E-state index in [0.717, 1.165) is 54.9 Å². The molecule has 174 valence electrons. The summed E-state index contributed by atoms with van der Waals surface area (Å²) >= 11 is 0. The molecule has 6 heteroatoms. The molecule has 0 atom stereocenters. The molecular formula is C27H32N2O4. The highest BCUT2D eigenvalue weighted by Crippen LogP contribution is 2.37. The number of hydrogen-bond acceptors (Lipinski definition) is 4. The number of aliphatic carboxylic acids is 1. The fourth-order valence-corrected chi connectivity index (χ4v) is 4.84. The molecule has 1 aliphatic carbocycles. The predicted molar refractivity (Wildman–Crippen MR) is 128 cm³/mol. The van der Waals surface area contributed by atoms with Crippen molar-refractivity contribution < 1.29 is 19.4 Å². The average Bonchev–Trinajstić information content (AvgIpc) is 3.16. The van der Waals surface area contributed by atoms with Crippen LogP contribution in [0, 0.1) is 18.8 Å². The van der Waals surface area contributed by atoms with Crippen molar-refractivity contribution in [2.75, 3.05) is 20.3 Å². The minimum Gasteiger partial charge on any atom is -0.497 e. The van der Waals surface area contributed by atoms with Crippen LogP contribution in [0.5, 0.6) is 5.75 Å². The second-order valence-corrected chi connectivity index (χ2v) is 8.88. The minimum absolute atomic E-state index is 0.207. The summed E-state index contributed by atoms with van der Waals surface area (Å²) in [6.07, 6.45) is 4.34. The number of aryl methyl sites for hydroxylation is 1. The second kappa shape index (κ2) is 10.7. The summed E-state index contributed by atoms with van der Waals surface area (Å²) in [5.74, 6) is 0.933. The van der Waals surface area contributed by atoms with Gasteiger partial charge in [-0.3, -0.25) is 4.68 Å². The largest absolute Gasteiger partial charge is 0.497 e. The maximum absolute atomic E-state index is 10.7. The molecule has 6 nitrogen and oxygen atoms in total. The molecule has 0 saturated heterocycles. The Labute approximate surface area is 195 Å². The lowest BCUT2D eigenvalue weighted by Gasteiger charge is -2.28. The molecule has 3 aromatic rings. The molecule has 33 heavy (non-hydrogen) atoms. The topological polar surface area (TPSA) is 73.6 Å². The Morgan fingerprint density at radius 2 is 1.67 bits per heavy atom. The Hall–Kier alpha value is -3.12. The van der Waals surface area contributed by atoms with E-state index in [1.54, 1.807) is 7.11 Å². The van der Waals surface area contributed by atoms with E-state index >= 15 is 0 Å². The standard InChI is InChI=1S/C27H32N2O4/c1-19-26(22-12-14-24(32-2)15-13-22)27(23-6-4-3-5-7-23)29(28-19)16-20-8-10-21(11-9-20)17-33-18-25(30)31/h3-7,12-15,20-21H,8-11,16-18H2,1-2H3,(H,30,31)/t20-,21-. The van der Waals surface area contributed by atoms with E-state index in [2.05, 4.69) is 48.0 Å². The van der Waals surface area contributed by atoms with Crippen LogP contribution in [0.25, 0.3) is 22.4 Å². The van der Waals surface area contributed by atoms with Crippen molar-refractivity contribution in [1.29, 1.82) is 0 Å². The van der Waals surface area contributed by atoms with E-state index in [9.17, 15) is 4.79 Å². The number of rotatable bonds is 9. The number of methoxy groups -OCH3 is 1. The van der Waals surface area contributed by atoms with Crippen molar-refractivity contribution in [3.05, 3.63) is 60.3 Å². The van der Waals surface area contributed by atoms with E-state index in [1.807, 2.05) is 18.2 Å². The molecular weight excluding hydrogens is 416 g/mol. The number of benzene rings is 2. The lowest BCUT2D eigenvalue weighted by molar-refractivity contribution is -0.142. The van der Waals surface area contributed by atoms with Crippen LogP contribution < -0.4 is 4.74 Å². The fraction of sp³-hybridized carbons (Fsp3) is 0.407. The smallest absolute Gasteiger partial charge is 0.329 e. The molecule has 4 rings (SSSR count). The molecule has 0 spiro atoms. The van der Waals surface area contributed by atoms with E-state index in [1.165, 1.54) is 11.1 Å². The Balaban J connectivity index is 1.54. The van der Waals surface area contributed by atoms with E-state index < -0.39 is 5.97 Å². The summed E-state index contributed by atoms with van der Waals surface area (Å²) in [4.78, 5) is 10.7. The molecule has 1 saturated carbocycles. The Bertz CT molecular complexity index is 1050. The van der Waals surface area contributed by atoms with Gasteiger partial charge in [0.25, 0.3) is 0 Å². The zero-order valence-electron chi connectivity index (χ0n) is 19.4. The summed E-state index contributed by atoms with van der Waals surface area (Å²) in [6, 6.07) is 18.7. The lowest BCUT2D eigenvalue weighted by atomic mass is 9.82. The van der Waals surface area contributed by atoms with E-state index in [-0.39, 0.29) is 6.61 Å². The molecule has 1 heterocycles. The monoisotopic (exact) mass is 448 g/mol. The van der Waals surface area contributed by atoms with E-state index in [0.29, 0.717) is 18.4 Å². The third-order valence-electron chi connectivity index (χ3n) is 6.53. The third kappa shape index (κ3) is 5.63. The molecule has 1 N–H and O–H groups in total. The highest BCUT2D eigenvalue weighted by Gasteiger charge is 2.25. The van der Waals surface area contributed by atoms with Crippen molar-refractivity contribution in [3.63, 3.8) is 0 Å². The van der Waals surface area contributed by atoms with Gasteiger partial charge >= 0.3 is 5.97 Å². The number of ether oxygens (including phenoxy) is 2. The molecule has 1 fully saturated rings. The average molecular weight is 449 g/mol. The summed E-state index contributed by atoms with van der Waals surface area (Å²) in [7, 11) is 1.68. The molecule has 0 amide bonds. The minimum atomic E-state index is -0.904. The van der Waals surface area contributed by atoms with Crippen molar-refractivity contribution >= 4 is 5.97 Å². The molecule has 2 aromatic carbocycles. The Morgan fingerprint density at radius 3 is 2.30 bits per heavy atom. The highest BCUT2D eigenvalue weighted by molar-refractivity contribution is 5.83. The van der Waals surface area contributed by atoms with Crippen molar-refractivity contribution in [1.82, 2.24) is 9.78 Å². The van der Waals surface area contributed by atoms with Gasteiger partial charge in [-0.25, -0.2) is 4.79 Å². The van der Waals surface area contributed by atoms with Crippen LogP contribution in [0.4, 0.5) is 0 Å². The SMILES string of the molecule is COc1ccc(-c2c(C)nn(C[C@H]3CC[C@H](COCC(=O)O)CC3)c2-c2ccccc2)cc1. The van der Waals surface area contributed by atoms with Crippen molar-refractivity contribution in [2.45, 2.75) is 39.2 Å². The third-order valence-corrected chi connectivity index (χ3v) is 6.53. The Kier molecular flexibility index (Phi) is 7.45. The quantitative estimate of drug-likeness (QED) is 0.472. The van der Waals surface area contributed by atoms with Gasteiger partial charge in [0.2, 0.25) is 0 Å². The first-order valence-electron chi connectivity index (χ1n) is 11.6. The second-order valence-electron chi connectivity index (χ2n) is 8.88. The molecule has 1 aliphatic rings. The lowest BCUT2D eigenvalue weighted by Crippen LogP contribution is -2.23. The van der Waals surface area contributed by atoms with E-state index in [4.69, 9.17) is 19.7 Å². The first-order valence-corrected chi connectivity index (χ1v) is 11.6. The van der Waals surface area contributed by atoms with Crippen molar-refractivity contribution in [3.8, 4) is 28.1 Å². The van der Waals surface area contributed by atoms with Gasteiger partial charge in [0, 0.05) is 17.7 Å². The van der Waals surface area contributed by atoms with Crippen LogP contribution in [-0.2, 0) is 16.1 Å². The van der Waals surface area contributed by atoms with Crippen LogP contribution >= 0.6 is 0 Å². The van der Waals surface area contributed by atoms with Gasteiger partial charge in [-0.15, -0.1) is 0 Å². The first-order chi connectivity index (χ1) is 16.0. The molecule has 1 aromatic heterocycles. The summed E-state index contributed by atoms with van der Waals surface area (Å²) in [5.41, 5.74) is 5.65. The zero-order chi connectivity index (χ0) is 23.2. The van der Waals surface area contributed by atoms with Crippen LogP contribution in [-0.4, -0.2) is 41.2 Å². The Morgan fingerprint density at radius 1 is 1.00 bits per heavy atom.